The van der Waals surface area contributed by atoms with Gasteiger partial charge in [0, 0.05) is 19.1 Å². The molecule has 2 aliphatic rings. The van der Waals surface area contributed by atoms with Gasteiger partial charge in [-0.2, -0.15) is 4.31 Å². The molecule has 2 rings (SSSR count). The van der Waals surface area contributed by atoms with Crippen molar-refractivity contribution in [2.45, 2.75) is 63.2 Å². The summed E-state index contributed by atoms with van der Waals surface area (Å²) in [6.07, 6.45) is 6.87. The molecule has 0 bridgehead atoms. The first kappa shape index (κ1) is 14.3. The van der Waals surface area contributed by atoms with Crippen LogP contribution in [0.1, 0.15) is 51.9 Å². The molecule has 1 heterocycles. The first-order chi connectivity index (χ1) is 8.55. The van der Waals surface area contributed by atoms with Crippen molar-refractivity contribution in [1.29, 1.82) is 0 Å². The summed E-state index contributed by atoms with van der Waals surface area (Å²) in [5.41, 5.74) is 5.78. The van der Waals surface area contributed by atoms with Gasteiger partial charge in [-0.15, -0.1) is 0 Å². The highest BCUT2D eigenvalue weighted by molar-refractivity contribution is 7.89. The smallest absolute Gasteiger partial charge is 0.217 e. The molecule has 0 spiro atoms. The van der Waals surface area contributed by atoms with Crippen molar-refractivity contribution >= 4 is 10.0 Å². The lowest BCUT2D eigenvalue weighted by Crippen LogP contribution is -2.52. The summed E-state index contributed by atoms with van der Waals surface area (Å²) in [4.78, 5) is 0. The molecule has 2 fully saturated rings. The summed E-state index contributed by atoms with van der Waals surface area (Å²) >= 11 is 0. The van der Waals surface area contributed by atoms with Crippen LogP contribution >= 0.6 is 0 Å². The highest BCUT2D eigenvalue weighted by Crippen LogP contribution is 2.31. The van der Waals surface area contributed by atoms with E-state index in [-0.39, 0.29) is 11.3 Å². The van der Waals surface area contributed by atoms with Crippen LogP contribution in [0, 0.1) is 5.92 Å². The molecule has 1 aliphatic carbocycles. The summed E-state index contributed by atoms with van der Waals surface area (Å²) in [7, 11) is -3.12. The van der Waals surface area contributed by atoms with Crippen molar-refractivity contribution in [2.75, 3.05) is 13.1 Å². The van der Waals surface area contributed by atoms with Gasteiger partial charge in [0.05, 0.1) is 5.25 Å². The topological polar surface area (TPSA) is 63.4 Å². The van der Waals surface area contributed by atoms with Gasteiger partial charge in [0.1, 0.15) is 0 Å². The molecule has 0 aromatic rings. The van der Waals surface area contributed by atoms with Crippen LogP contribution in [0.3, 0.4) is 0 Å². The normalized spacial score (nSPS) is 32.6. The third-order valence-corrected chi connectivity index (χ3v) is 6.94. The number of sulfonamides is 1. The van der Waals surface area contributed by atoms with E-state index >= 15 is 0 Å². The Kier molecular flexibility index (Phi) is 4.67. The van der Waals surface area contributed by atoms with E-state index in [1.807, 2.05) is 0 Å². The quantitative estimate of drug-likeness (QED) is 0.852. The molecule has 5 heteroatoms. The van der Waals surface area contributed by atoms with Crippen LogP contribution in [0.2, 0.25) is 0 Å². The van der Waals surface area contributed by atoms with Gasteiger partial charge in [-0.05, 0) is 31.6 Å². The van der Waals surface area contributed by atoms with Crippen LogP contribution in [0.5, 0.6) is 0 Å². The minimum absolute atomic E-state index is 0.0284. The van der Waals surface area contributed by atoms with Gasteiger partial charge in [-0.1, -0.05) is 26.2 Å². The third-order valence-electron chi connectivity index (χ3n) is 4.50. The predicted molar refractivity (Wildman–Crippen MR) is 73.7 cm³/mol. The van der Waals surface area contributed by atoms with Gasteiger partial charge in [0.15, 0.2) is 0 Å². The molecule has 0 aromatic carbocycles. The number of nitrogens with zero attached hydrogens (tertiary/aromatic N) is 1. The lowest BCUT2D eigenvalue weighted by atomic mass is 9.94. The zero-order chi connectivity index (χ0) is 13.2. The van der Waals surface area contributed by atoms with E-state index in [1.54, 1.807) is 4.31 Å². The molecule has 0 radical (unpaired) electrons. The molecule has 18 heavy (non-hydrogen) atoms. The van der Waals surface area contributed by atoms with Gasteiger partial charge >= 0.3 is 0 Å². The maximum atomic E-state index is 12.7. The van der Waals surface area contributed by atoms with Crippen molar-refractivity contribution in [3.8, 4) is 0 Å². The monoisotopic (exact) mass is 274 g/mol. The van der Waals surface area contributed by atoms with Crippen molar-refractivity contribution in [3.63, 3.8) is 0 Å². The second kappa shape index (κ2) is 5.88. The zero-order valence-corrected chi connectivity index (χ0v) is 12.2. The summed E-state index contributed by atoms with van der Waals surface area (Å²) in [5, 5.41) is -0.145. The Hall–Kier alpha value is -0.130. The molecule has 2 unspecified atom stereocenters. The molecule has 0 aromatic heterocycles. The first-order valence-corrected chi connectivity index (χ1v) is 8.76. The largest absolute Gasteiger partial charge is 0.329 e. The van der Waals surface area contributed by atoms with E-state index in [4.69, 9.17) is 5.73 Å². The highest BCUT2D eigenvalue weighted by Gasteiger charge is 2.38. The first-order valence-electron chi connectivity index (χ1n) is 7.26. The molecule has 1 saturated heterocycles. The van der Waals surface area contributed by atoms with Crippen molar-refractivity contribution in [1.82, 2.24) is 4.31 Å². The Labute approximate surface area is 111 Å². The minimum atomic E-state index is -3.12. The second-order valence-corrected chi connectivity index (χ2v) is 8.10. The van der Waals surface area contributed by atoms with Crippen LogP contribution in [-0.4, -0.2) is 37.1 Å². The Balaban J connectivity index is 2.12. The Bertz CT molecular complexity index is 363. The number of piperidine rings is 1. The molecule has 4 nitrogen and oxygen atoms in total. The molecule has 1 saturated carbocycles. The fraction of sp³-hybridized carbons (Fsp3) is 1.00. The lowest BCUT2D eigenvalue weighted by molar-refractivity contribution is 0.207. The van der Waals surface area contributed by atoms with Gasteiger partial charge < -0.3 is 5.73 Å². The van der Waals surface area contributed by atoms with E-state index in [1.165, 1.54) is 6.42 Å². The zero-order valence-electron chi connectivity index (χ0n) is 11.3. The summed E-state index contributed by atoms with van der Waals surface area (Å²) in [6, 6.07) is 0.0284. The average Bonchev–Trinajstić information content (AvgIpc) is 2.39. The van der Waals surface area contributed by atoms with Crippen LogP contribution < -0.4 is 5.73 Å². The number of rotatable bonds is 3. The van der Waals surface area contributed by atoms with Gasteiger partial charge in [-0.3, -0.25) is 0 Å². The number of nitrogens with two attached hydrogens (primary N) is 1. The second-order valence-electron chi connectivity index (χ2n) is 5.93. The Morgan fingerprint density at radius 1 is 1.17 bits per heavy atom. The maximum Gasteiger partial charge on any atom is 0.217 e. The highest BCUT2D eigenvalue weighted by atomic mass is 32.2. The summed E-state index contributed by atoms with van der Waals surface area (Å²) < 4.78 is 27.1. The Morgan fingerprint density at radius 2 is 1.83 bits per heavy atom. The van der Waals surface area contributed by atoms with Crippen LogP contribution in [0.4, 0.5) is 0 Å². The summed E-state index contributed by atoms with van der Waals surface area (Å²) in [6.45, 7) is 3.31. The van der Waals surface area contributed by atoms with E-state index in [0.29, 0.717) is 19.0 Å². The van der Waals surface area contributed by atoms with Gasteiger partial charge in [-0.25, -0.2) is 8.42 Å². The molecule has 106 valence electrons. The van der Waals surface area contributed by atoms with Crippen molar-refractivity contribution < 1.29 is 8.42 Å². The van der Waals surface area contributed by atoms with E-state index in [0.717, 1.165) is 38.5 Å². The van der Waals surface area contributed by atoms with Crippen molar-refractivity contribution in [2.24, 2.45) is 11.7 Å². The van der Waals surface area contributed by atoms with E-state index in [2.05, 4.69) is 6.92 Å². The number of hydrogen-bond donors (Lipinski definition) is 1. The minimum Gasteiger partial charge on any atom is -0.329 e. The van der Waals surface area contributed by atoms with E-state index < -0.39 is 10.0 Å². The van der Waals surface area contributed by atoms with Crippen molar-refractivity contribution in [3.05, 3.63) is 0 Å². The predicted octanol–water partition coefficient (Wildman–Crippen LogP) is 1.71. The Morgan fingerprint density at radius 3 is 2.44 bits per heavy atom. The molecule has 2 atom stereocenters. The van der Waals surface area contributed by atoms with Gasteiger partial charge in [0.25, 0.3) is 0 Å². The van der Waals surface area contributed by atoms with Crippen LogP contribution in [0.25, 0.3) is 0 Å². The molecular weight excluding hydrogens is 248 g/mol. The van der Waals surface area contributed by atoms with Crippen LogP contribution in [-0.2, 0) is 10.0 Å². The standard InChI is InChI=1S/C13H26N2O2S/c1-11-7-8-15(12(9-11)10-14)18(16,17)13-5-3-2-4-6-13/h11-13H,2-10,14H2,1H3. The summed E-state index contributed by atoms with van der Waals surface area (Å²) in [5.74, 6) is 0.594. The maximum absolute atomic E-state index is 12.7. The molecule has 2 N–H and O–H groups in total. The SMILES string of the molecule is CC1CCN(S(=O)(=O)C2CCCCC2)C(CN)C1. The third kappa shape index (κ3) is 2.89. The molecule has 0 amide bonds. The molecule has 1 aliphatic heterocycles. The van der Waals surface area contributed by atoms with Crippen LogP contribution in [0.15, 0.2) is 0 Å². The lowest BCUT2D eigenvalue weighted by Gasteiger charge is -2.39. The van der Waals surface area contributed by atoms with E-state index in [9.17, 15) is 8.42 Å². The van der Waals surface area contributed by atoms with Gasteiger partial charge in [0.2, 0.25) is 10.0 Å². The number of hydrogen-bond acceptors (Lipinski definition) is 3. The fourth-order valence-electron chi connectivity index (χ4n) is 3.33. The fourth-order valence-corrected chi connectivity index (χ4v) is 5.59. The average molecular weight is 274 g/mol. The molecular formula is C13H26N2O2S.